The molecule has 0 rings (SSSR count). The second-order valence-corrected chi connectivity index (χ2v) is 0.0894. The summed E-state index contributed by atoms with van der Waals surface area (Å²) in [5.41, 5.74) is 13.5. The van der Waals surface area contributed by atoms with Gasteiger partial charge in [0.15, 0.2) is 0 Å². The van der Waals surface area contributed by atoms with Crippen LogP contribution in [-0.2, 0) is 0 Å². The van der Waals surface area contributed by atoms with Crippen LogP contribution in [0.4, 0.5) is 4.70 Å². The fourth-order valence-electron chi connectivity index (χ4n) is 0. The van der Waals surface area contributed by atoms with Crippen molar-refractivity contribution in [2.24, 2.45) is 0 Å². The first-order chi connectivity index (χ1) is 1.41. The highest BCUT2D eigenvalue weighted by molar-refractivity contribution is 4.36. The van der Waals surface area contributed by atoms with E-state index in [1.807, 2.05) is 0 Å². The molecule has 0 saturated carbocycles. The normalized spacial score (nSPS) is 2.00. The largest absolute Gasteiger partial charge is 0.373 e. The summed E-state index contributed by atoms with van der Waals surface area (Å²) in [6.07, 6.45) is 0. The monoisotopic (exact) mass is 62.0 g/mol. The van der Waals surface area contributed by atoms with Crippen LogP contribution in [-0.4, -0.2) is 0 Å². The fraction of sp³-hybridized carbons (Fsp3) is 0. The van der Waals surface area contributed by atoms with Crippen LogP contribution in [0.1, 0.15) is 0 Å². The Morgan fingerprint density at radius 1 is 1.25 bits per heavy atom. The highest BCUT2D eigenvalue weighted by Crippen LogP contribution is 1.29. The van der Waals surface area contributed by atoms with Gasteiger partial charge >= 0.3 is 0 Å². The first-order valence-electron chi connectivity index (χ1n) is 0.400. The molecular weight excluding hydrogens is 61.0 g/mol. The molecule has 4 heteroatoms. The van der Waals surface area contributed by atoms with Gasteiger partial charge in [0.05, 0.1) is 0 Å². The maximum atomic E-state index is 6.75. The molecule has 0 saturated heterocycles. The molecule has 0 spiro atoms. The Bertz CT molecular complexity index is 24.3. The van der Waals surface area contributed by atoms with Gasteiger partial charge in [-0.25, -0.2) is 0 Å². The van der Waals surface area contributed by atoms with E-state index in [1.165, 1.54) is 4.91 Å². The van der Waals surface area contributed by atoms with Crippen molar-refractivity contribution in [2.45, 2.75) is 0 Å². The lowest BCUT2D eigenvalue weighted by molar-refractivity contribution is 1.11. The van der Waals surface area contributed by atoms with Crippen molar-refractivity contribution >= 4 is 0 Å². The molecule has 0 aliphatic rings. The molecule has 4 heavy (non-hydrogen) atoms. The summed E-state index contributed by atoms with van der Waals surface area (Å²) in [6, 6.07) is 0. The van der Waals surface area contributed by atoms with Crippen LogP contribution in [0.2, 0.25) is 0 Å². The van der Waals surface area contributed by atoms with Gasteiger partial charge in [0.1, 0.15) is 0 Å². The number of halogens is 1. The predicted molar refractivity (Wildman–Crippen MR) is 12.6 cm³/mol. The summed E-state index contributed by atoms with van der Waals surface area (Å²) < 4.78 is 0. The van der Waals surface area contributed by atoms with Crippen molar-refractivity contribution in [1.29, 1.82) is 0 Å². The molecule has 0 aromatic rings. The van der Waals surface area contributed by atoms with Gasteiger partial charge in [0.2, 0.25) is 0 Å². The van der Waals surface area contributed by atoms with Crippen molar-refractivity contribution < 1.29 is 4.70 Å². The third kappa shape index (κ3) is 0.124. The summed E-state index contributed by atoms with van der Waals surface area (Å²) in [4.78, 5) is 1.50. The van der Waals surface area contributed by atoms with E-state index < -0.39 is 0 Å². The molecule has 3 nitrogen and oxygen atoms in total. The highest BCUT2D eigenvalue weighted by Gasteiger charge is 0.689. The van der Waals surface area contributed by atoms with Gasteiger partial charge in [-0.05, 0) is 0 Å². The smallest absolute Gasteiger partial charge is 0.255 e. The Labute approximate surface area is 22.0 Å². The minimum atomic E-state index is 0. The van der Waals surface area contributed by atoms with Gasteiger partial charge < -0.3 is 11.1 Å². The van der Waals surface area contributed by atoms with Crippen LogP contribution < -0.4 is 0 Å². The topological polar surface area (TPSA) is 58.7 Å². The molecule has 0 radical (unpaired) electrons. The summed E-state index contributed by atoms with van der Waals surface area (Å²) in [7, 11) is 0. The summed E-state index contributed by atoms with van der Waals surface area (Å²) in [5.74, 6) is 0. The van der Waals surface area contributed by atoms with Crippen LogP contribution >= 0.6 is 0 Å². The summed E-state index contributed by atoms with van der Waals surface area (Å²) in [6.45, 7) is 0. The van der Waals surface area contributed by atoms with E-state index in [4.69, 9.17) is 11.1 Å². The molecule has 24 valence electrons. The minimum absolute atomic E-state index is 0. The average Bonchev–Trinajstić information content (AvgIpc) is 0.918. The lowest BCUT2D eigenvalue weighted by atomic mass is 13.0. The van der Waals surface area contributed by atoms with Gasteiger partial charge in [-0.15, -0.1) is 0 Å². The second-order valence-electron chi connectivity index (χ2n) is 0.0894. The molecule has 0 atom stereocenters. The van der Waals surface area contributed by atoms with Gasteiger partial charge in [-0.3, -0.25) is 9.62 Å². The van der Waals surface area contributed by atoms with E-state index in [-0.39, 0.29) is 4.70 Å². The molecule has 0 amide bonds. The molecule has 0 N–H and O–H groups in total. The van der Waals surface area contributed by atoms with Crippen molar-refractivity contribution in [3.05, 3.63) is 16.0 Å². The van der Waals surface area contributed by atoms with Crippen molar-refractivity contribution in [3.63, 3.8) is 0 Å². The minimum Gasteiger partial charge on any atom is -0.373 e. The maximum Gasteiger partial charge on any atom is -0.255 e. The fourth-order valence-corrected chi connectivity index (χ4v) is 0. The number of rotatable bonds is 0. The zero-order valence-electron chi connectivity index (χ0n) is 1.75. The van der Waals surface area contributed by atoms with Crippen molar-refractivity contribution in [3.8, 4) is 0 Å². The van der Waals surface area contributed by atoms with Crippen LogP contribution in [0.3, 0.4) is 0 Å². The number of hydrogen-bond donors (Lipinski definition) is 0. The van der Waals surface area contributed by atoms with Gasteiger partial charge in [-0.2, -0.15) is 0 Å². The van der Waals surface area contributed by atoms with Crippen LogP contribution in [0, 0.1) is 0 Å². The first-order valence-corrected chi connectivity index (χ1v) is 0.400. The second kappa shape index (κ2) is 59.8. The van der Waals surface area contributed by atoms with Gasteiger partial charge in [-0.1, -0.05) is 0 Å². The predicted octanol–water partition coefficient (Wildman–Crippen LogP) is 1.02. The zero-order chi connectivity index (χ0) is 2.71. The van der Waals surface area contributed by atoms with E-state index in [9.17, 15) is 0 Å². The third-order valence-corrected chi connectivity index (χ3v) is 0. The maximum absolute atomic E-state index is 6.75. The molecule has 0 unspecified atom stereocenters. The van der Waals surface area contributed by atoms with Crippen LogP contribution in [0.15, 0.2) is 0 Å². The molecule has 0 aromatic heterocycles. The first kappa shape index (κ1) is 10.6. The molecular formula is HFN3-. The number of hydrogen-bond acceptors (Lipinski definition) is 0. The Kier molecular flexibility index (Phi) is 158. The highest BCUT2D eigenvalue weighted by atomic mass is 19.0. The molecule has 0 aliphatic heterocycles. The standard InChI is InChI=1S/FH.N3/c;1-3-2/h1H;/q;-1. The van der Waals surface area contributed by atoms with Crippen LogP contribution in [0.25, 0.3) is 16.0 Å². The quantitative estimate of drug-likeness (QED) is 0.228. The Morgan fingerprint density at radius 2 is 1.25 bits per heavy atom. The molecule has 0 aromatic carbocycles. The molecule has 0 aliphatic carbocycles. The van der Waals surface area contributed by atoms with Crippen LogP contribution in [0.5, 0.6) is 0 Å². The van der Waals surface area contributed by atoms with E-state index >= 15 is 0 Å². The summed E-state index contributed by atoms with van der Waals surface area (Å²) in [5, 5.41) is 0. The molecule has 0 bridgehead atoms. The molecule has 0 heterocycles. The Morgan fingerprint density at radius 3 is 1.25 bits per heavy atom. The lowest BCUT2D eigenvalue weighted by Crippen LogP contribution is -0.711. The van der Waals surface area contributed by atoms with Crippen molar-refractivity contribution in [2.75, 3.05) is 0 Å². The van der Waals surface area contributed by atoms with Gasteiger partial charge in [0.25, 0.3) is 0 Å². The zero-order valence-corrected chi connectivity index (χ0v) is 1.75. The Balaban J connectivity index is 0. The summed E-state index contributed by atoms with van der Waals surface area (Å²) >= 11 is 0. The van der Waals surface area contributed by atoms with E-state index in [0.29, 0.717) is 0 Å². The van der Waals surface area contributed by atoms with E-state index in [0.717, 1.165) is 0 Å². The third-order valence-electron chi connectivity index (χ3n) is 0. The Hall–Kier alpha value is -0.760. The lowest BCUT2D eigenvalue weighted by Gasteiger charge is -1.31. The van der Waals surface area contributed by atoms with E-state index in [1.54, 1.807) is 0 Å². The van der Waals surface area contributed by atoms with Gasteiger partial charge in [0, 0.05) is 0 Å². The van der Waals surface area contributed by atoms with E-state index in [2.05, 4.69) is 0 Å². The average molecular weight is 62.0 g/mol. The molecule has 0 fully saturated rings. The van der Waals surface area contributed by atoms with Crippen molar-refractivity contribution in [1.82, 2.24) is 0 Å². The SMILES string of the molecule is F.[N-]=[N+]=[N-]. The number of nitrogens with zero attached hydrogens (tertiary/aromatic N) is 3.